The molecule has 1 aromatic carbocycles. The first-order chi connectivity index (χ1) is 10.0. The largest absolute Gasteiger partial charge is 0.496 e. The molecule has 1 N–H and O–H groups in total. The van der Waals surface area contributed by atoms with Crippen LogP contribution < -0.4 is 10.1 Å². The van der Waals surface area contributed by atoms with E-state index in [0.717, 1.165) is 32.7 Å². The zero-order chi connectivity index (χ0) is 15.4. The van der Waals surface area contributed by atoms with E-state index in [0.29, 0.717) is 6.54 Å². The fraction of sp³-hybridized carbons (Fsp3) is 0.286. The molecule has 1 heterocycles. The number of hydrogen-bond donors (Lipinski definition) is 1. The van der Waals surface area contributed by atoms with E-state index in [1.165, 1.54) is 0 Å². The topological polar surface area (TPSA) is 64.4 Å². The first-order valence-electron chi connectivity index (χ1n) is 6.30. The number of ether oxygens (including phenoxy) is 1. The highest BCUT2D eigenvalue weighted by Gasteiger charge is 2.12. The van der Waals surface area contributed by atoms with Gasteiger partial charge in [0.05, 0.1) is 16.5 Å². The maximum atomic E-state index is 10.7. The maximum absolute atomic E-state index is 10.7. The van der Waals surface area contributed by atoms with Crippen molar-refractivity contribution in [3.8, 4) is 5.75 Å². The van der Waals surface area contributed by atoms with Gasteiger partial charge >= 0.3 is 5.00 Å². The lowest BCUT2D eigenvalue weighted by molar-refractivity contribution is -0.380. The van der Waals surface area contributed by atoms with Gasteiger partial charge in [0.2, 0.25) is 0 Å². The van der Waals surface area contributed by atoms with Crippen molar-refractivity contribution in [2.75, 3.05) is 7.11 Å². The fourth-order valence-electron chi connectivity index (χ4n) is 1.89. The van der Waals surface area contributed by atoms with E-state index < -0.39 is 0 Å². The molecule has 0 saturated heterocycles. The third kappa shape index (κ3) is 4.03. The van der Waals surface area contributed by atoms with Gasteiger partial charge in [-0.05, 0) is 46.1 Å². The molecular weight excluding hydrogens is 356 g/mol. The van der Waals surface area contributed by atoms with Crippen LogP contribution in [0.4, 0.5) is 5.00 Å². The molecule has 112 valence electrons. The number of thiophene rings is 1. The summed E-state index contributed by atoms with van der Waals surface area (Å²) < 4.78 is 6.11. The molecular formula is C14H15BrN2O3S. The molecule has 21 heavy (non-hydrogen) atoms. The van der Waals surface area contributed by atoms with Crippen LogP contribution in [0.2, 0.25) is 0 Å². The summed E-state index contributed by atoms with van der Waals surface area (Å²) in [6.45, 7) is 2.64. The standard InChI is InChI=1S/C14H15BrN2O3S/c1-9(11-3-4-13(20-2)12(15)6-11)16-7-10-5-14(17(18)19)21-8-10/h3-6,8-9,16H,7H2,1-2H3. The monoisotopic (exact) mass is 370 g/mol. The first kappa shape index (κ1) is 15.9. The summed E-state index contributed by atoms with van der Waals surface area (Å²) in [5.41, 5.74) is 2.04. The minimum Gasteiger partial charge on any atom is -0.496 e. The molecule has 1 aromatic heterocycles. The Bertz CT molecular complexity index is 645. The van der Waals surface area contributed by atoms with Gasteiger partial charge in [-0.15, -0.1) is 0 Å². The summed E-state index contributed by atoms with van der Waals surface area (Å²) >= 11 is 4.61. The number of methoxy groups -OCH3 is 1. The first-order valence-corrected chi connectivity index (χ1v) is 7.97. The van der Waals surface area contributed by atoms with Gasteiger partial charge in [0.1, 0.15) is 5.75 Å². The number of halogens is 1. The molecule has 2 rings (SSSR count). The Hall–Kier alpha value is -1.44. The third-order valence-corrected chi connectivity index (χ3v) is 4.66. The van der Waals surface area contributed by atoms with Crippen molar-refractivity contribution < 1.29 is 9.66 Å². The van der Waals surface area contributed by atoms with Crippen molar-refractivity contribution in [1.82, 2.24) is 5.32 Å². The van der Waals surface area contributed by atoms with Gasteiger partial charge in [-0.2, -0.15) is 0 Å². The summed E-state index contributed by atoms with van der Waals surface area (Å²) in [6.07, 6.45) is 0. The Morgan fingerprint density at radius 3 is 2.81 bits per heavy atom. The zero-order valence-electron chi connectivity index (χ0n) is 11.6. The van der Waals surface area contributed by atoms with Gasteiger partial charge in [0.15, 0.2) is 0 Å². The molecule has 0 fully saturated rings. The highest BCUT2D eigenvalue weighted by molar-refractivity contribution is 9.10. The average Bonchev–Trinajstić information content (AvgIpc) is 2.93. The second-order valence-electron chi connectivity index (χ2n) is 4.55. The van der Waals surface area contributed by atoms with Gasteiger partial charge in [-0.1, -0.05) is 17.4 Å². The molecule has 2 aromatic rings. The van der Waals surface area contributed by atoms with Crippen LogP contribution in [-0.4, -0.2) is 12.0 Å². The predicted molar refractivity (Wildman–Crippen MR) is 86.9 cm³/mol. The van der Waals surface area contributed by atoms with Crippen molar-refractivity contribution in [3.63, 3.8) is 0 Å². The summed E-state index contributed by atoms with van der Waals surface area (Å²) in [4.78, 5) is 10.3. The Balaban J connectivity index is 1.99. The van der Waals surface area contributed by atoms with Gasteiger partial charge in [0.25, 0.3) is 0 Å². The average molecular weight is 371 g/mol. The van der Waals surface area contributed by atoms with E-state index >= 15 is 0 Å². The summed E-state index contributed by atoms with van der Waals surface area (Å²) in [7, 11) is 1.63. The fourth-order valence-corrected chi connectivity index (χ4v) is 3.18. The van der Waals surface area contributed by atoms with E-state index in [9.17, 15) is 10.1 Å². The number of nitrogens with zero attached hydrogens (tertiary/aromatic N) is 1. The Kier molecular flexibility index (Phi) is 5.33. The third-order valence-electron chi connectivity index (χ3n) is 3.11. The quantitative estimate of drug-likeness (QED) is 0.608. The molecule has 0 aliphatic heterocycles. The van der Waals surface area contributed by atoms with Crippen molar-refractivity contribution in [1.29, 1.82) is 0 Å². The molecule has 1 atom stereocenters. The van der Waals surface area contributed by atoms with Crippen LogP contribution in [0.5, 0.6) is 5.75 Å². The Morgan fingerprint density at radius 1 is 1.48 bits per heavy atom. The van der Waals surface area contributed by atoms with Crippen LogP contribution in [-0.2, 0) is 6.54 Å². The van der Waals surface area contributed by atoms with Crippen molar-refractivity contribution >= 4 is 32.3 Å². The number of hydrogen-bond acceptors (Lipinski definition) is 5. The second-order valence-corrected chi connectivity index (χ2v) is 6.29. The number of nitrogens with one attached hydrogen (secondary N) is 1. The Morgan fingerprint density at radius 2 is 2.24 bits per heavy atom. The molecule has 0 amide bonds. The van der Waals surface area contributed by atoms with Crippen LogP contribution in [0.25, 0.3) is 0 Å². The number of nitro groups is 1. The van der Waals surface area contributed by atoms with Crippen LogP contribution in [0.15, 0.2) is 34.1 Å². The lowest BCUT2D eigenvalue weighted by Gasteiger charge is -2.15. The van der Waals surface area contributed by atoms with Crippen LogP contribution in [0, 0.1) is 10.1 Å². The second kappa shape index (κ2) is 7.02. The predicted octanol–water partition coefficient (Wildman–Crippen LogP) is 4.28. The van der Waals surface area contributed by atoms with Gasteiger partial charge < -0.3 is 10.1 Å². The summed E-state index contributed by atoms with van der Waals surface area (Å²) in [6, 6.07) is 7.65. The zero-order valence-corrected chi connectivity index (χ0v) is 14.0. The van der Waals surface area contributed by atoms with Crippen molar-refractivity contribution in [3.05, 3.63) is 55.4 Å². The maximum Gasteiger partial charge on any atom is 0.324 e. The molecule has 0 aliphatic carbocycles. The van der Waals surface area contributed by atoms with E-state index in [1.807, 2.05) is 23.6 Å². The van der Waals surface area contributed by atoms with Crippen LogP contribution in [0.1, 0.15) is 24.1 Å². The summed E-state index contributed by atoms with van der Waals surface area (Å²) in [5, 5.41) is 16.0. The molecule has 1 unspecified atom stereocenters. The number of benzene rings is 1. The van der Waals surface area contributed by atoms with Gasteiger partial charge in [-0.25, -0.2) is 0 Å². The van der Waals surface area contributed by atoms with E-state index in [-0.39, 0.29) is 16.0 Å². The van der Waals surface area contributed by atoms with Gasteiger partial charge in [0, 0.05) is 24.0 Å². The summed E-state index contributed by atoms with van der Waals surface area (Å²) in [5.74, 6) is 0.791. The molecule has 0 spiro atoms. The highest BCUT2D eigenvalue weighted by atomic mass is 79.9. The molecule has 0 bridgehead atoms. The normalized spacial score (nSPS) is 12.1. The van der Waals surface area contributed by atoms with Crippen LogP contribution in [0.3, 0.4) is 0 Å². The molecule has 0 radical (unpaired) electrons. The van der Waals surface area contributed by atoms with Crippen LogP contribution >= 0.6 is 27.3 Å². The molecule has 0 aliphatic rings. The van der Waals surface area contributed by atoms with E-state index in [4.69, 9.17) is 4.74 Å². The van der Waals surface area contributed by atoms with E-state index in [1.54, 1.807) is 13.2 Å². The smallest absolute Gasteiger partial charge is 0.324 e. The number of rotatable bonds is 6. The van der Waals surface area contributed by atoms with E-state index in [2.05, 4.69) is 28.2 Å². The minimum atomic E-state index is -0.363. The molecule has 0 saturated carbocycles. The van der Waals surface area contributed by atoms with Crippen molar-refractivity contribution in [2.45, 2.75) is 19.5 Å². The lowest BCUT2D eigenvalue weighted by atomic mass is 10.1. The SMILES string of the molecule is COc1ccc(C(C)NCc2csc([N+](=O)[O-])c2)cc1Br. The Labute approximate surface area is 135 Å². The van der Waals surface area contributed by atoms with Gasteiger partial charge in [-0.3, -0.25) is 10.1 Å². The lowest BCUT2D eigenvalue weighted by Crippen LogP contribution is -2.17. The van der Waals surface area contributed by atoms with Crippen molar-refractivity contribution in [2.24, 2.45) is 0 Å². The minimum absolute atomic E-state index is 0.131. The highest BCUT2D eigenvalue weighted by Crippen LogP contribution is 2.28. The molecule has 5 nitrogen and oxygen atoms in total. The molecule has 7 heteroatoms.